The Morgan fingerprint density at radius 3 is 2.36 bits per heavy atom. The first kappa shape index (κ1) is 10.5. The van der Waals surface area contributed by atoms with Crippen molar-refractivity contribution in [1.82, 2.24) is 0 Å². The Balaban J connectivity index is 2.80. The number of nitrogens with zero attached hydrogens (tertiary/aromatic N) is 1. The molecule has 0 heterocycles. The lowest BCUT2D eigenvalue weighted by Gasteiger charge is -2.14. The molecule has 1 nitrogen and oxygen atoms in total. The van der Waals surface area contributed by atoms with E-state index in [9.17, 15) is 0 Å². The van der Waals surface area contributed by atoms with Crippen LogP contribution in [0.4, 0.5) is 0 Å². The maximum atomic E-state index is 8.89. The van der Waals surface area contributed by atoms with Crippen LogP contribution >= 0.6 is 0 Å². The molecule has 0 amide bonds. The molecule has 72 valence electrons. The van der Waals surface area contributed by atoms with Crippen molar-refractivity contribution in [3.63, 3.8) is 0 Å². The first-order chi connectivity index (χ1) is 6.57. The smallest absolute Gasteiger partial charge is 0.0687 e. The molecule has 1 aromatic rings. The summed E-state index contributed by atoms with van der Waals surface area (Å²) in [5.41, 5.74) is 2.03. The molecule has 1 heteroatoms. The van der Waals surface area contributed by atoms with E-state index in [-0.39, 0.29) is 5.41 Å². The average molecular weight is 185 g/mol. The maximum Gasteiger partial charge on any atom is 0.0687 e. The molecule has 1 rings (SSSR count). The van der Waals surface area contributed by atoms with Gasteiger partial charge in [-0.15, -0.1) is 0 Å². The second-order valence-corrected chi connectivity index (χ2v) is 4.12. The lowest BCUT2D eigenvalue weighted by atomic mass is 9.87. The second kappa shape index (κ2) is 4.11. The Labute approximate surface area is 85.7 Å². The fourth-order valence-corrected chi connectivity index (χ4v) is 1.32. The van der Waals surface area contributed by atoms with Crippen molar-refractivity contribution in [2.45, 2.75) is 20.3 Å². The summed E-state index contributed by atoms with van der Waals surface area (Å²) in [4.78, 5) is 0. The van der Waals surface area contributed by atoms with Crippen LogP contribution in [0.15, 0.2) is 30.8 Å². The summed E-state index contributed by atoms with van der Waals surface area (Å²) in [5.74, 6) is 0. The van der Waals surface area contributed by atoms with Crippen molar-refractivity contribution < 1.29 is 0 Å². The van der Waals surface area contributed by atoms with Crippen LogP contribution in [-0.2, 0) is 6.42 Å². The highest BCUT2D eigenvalue weighted by Gasteiger charge is 2.16. The molecule has 0 saturated carbocycles. The number of rotatable bonds is 3. The molecule has 0 aliphatic heterocycles. The Kier molecular flexibility index (Phi) is 3.09. The van der Waals surface area contributed by atoms with Gasteiger partial charge in [0.25, 0.3) is 0 Å². The third kappa shape index (κ3) is 2.74. The number of nitriles is 1. The van der Waals surface area contributed by atoms with Gasteiger partial charge < -0.3 is 0 Å². The molecule has 0 aromatic heterocycles. The average Bonchev–Trinajstić information content (AvgIpc) is 2.19. The van der Waals surface area contributed by atoms with Crippen molar-refractivity contribution in [1.29, 1.82) is 5.26 Å². The SMILES string of the molecule is C=Cc1ccc(CC(C)(C)C#N)cc1. The van der Waals surface area contributed by atoms with Crippen LogP contribution < -0.4 is 0 Å². The van der Waals surface area contributed by atoms with Crippen molar-refractivity contribution in [2.24, 2.45) is 5.41 Å². The molecular formula is C13H15N. The van der Waals surface area contributed by atoms with Gasteiger partial charge >= 0.3 is 0 Å². The van der Waals surface area contributed by atoms with Gasteiger partial charge in [0.05, 0.1) is 11.5 Å². The largest absolute Gasteiger partial charge is 0.198 e. The molecule has 0 unspecified atom stereocenters. The molecule has 1 aromatic carbocycles. The molecule has 0 radical (unpaired) electrons. The third-order valence-corrected chi connectivity index (χ3v) is 2.16. The van der Waals surface area contributed by atoms with E-state index in [1.807, 2.05) is 32.1 Å². The Morgan fingerprint density at radius 2 is 1.93 bits per heavy atom. The summed E-state index contributed by atoms with van der Waals surface area (Å²) in [7, 11) is 0. The fraction of sp³-hybridized carbons (Fsp3) is 0.308. The van der Waals surface area contributed by atoms with Crippen molar-refractivity contribution in [3.05, 3.63) is 42.0 Å². The lowest BCUT2D eigenvalue weighted by molar-refractivity contribution is 0.493. The Bertz CT molecular complexity index is 352. The van der Waals surface area contributed by atoms with Gasteiger partial charge in [0.2, 0.25) is 0 Å². The molecule has 0 aliphatic carbocycles. The summed E-state index contributed by atoms with van der Waals surface area (Å²) in [6, 6.07) is 10.4. The third-order valence-electron chi connectivity index (χ3n) is 2.16. The molecule has 0 atom stereocenters. The van der Waals surface area contributed by atoms with Crippen LogP contribution in [0.1, 0.15) is 25.0 Å². The first-order valence-corrected chi connectivity index (χ1v) is 4.70. The zero-order chi connectivity index (χ0) is 10.6. The molecule has 0 aliphatic rings. The summed E-state index contributed by atoms with van der Waals surface area (Å²) in [6.45, 7) is 7.60. The van der Waals surface area contributed by atoms with Gasteiger partial charge in [-0.3, -0.25) is 0 Å². The van der Waals surface area contributed by atoms with Crippen molar-refractivity contribution >= 4 is 6.08 Å². The van der Waals surface area contributed by atoms with Gasteiger partial charge in [-0.2, -0.15) is 5.26 Å². The van der Waals surface area contributed by atoms with Crippen LogP contribution in [-0.4, -0.2) is 0 Å². The predicted molar refractivity (Wildman–Crippen MR) is 59.6 cm³/mol. The second-order valence-electron chi connectivity index (χ2n) is 4.12. The van der Waals surface area contributed by atoms with Crippen molar-refractivity contribution in [2.75, 3.05) is 0 Å². The summed E-state index contributed by atoms with van der Waals surface area (Å²) in [5, 5.41) is 8.89. The van der Waals surface area contributed by atoms with E-state index in [1.165, 1.54) is 5.56 Å². The minimum atomic E-state index is -0.282. The van der Waals surface area contributed by atoms with E-state index in [2.05, 4.69) is 24.8 Å². The number of hydrogen-bond acceptors (Lipinski definition) is 1. The highest BCUT2D eigenvalue weighted by molar-refractivity contribution is 5.47. The molecule has 0 spiro atoms. The van der Waals surface area contributed by atoms with Gasteiger partial charge in [-0.25, -0.2) is 0 Å². The summed E-state index contributed by atoms with van der Waals surface area (Å²) >= 11 is 0. The maximum absolute atomic E-state index is 8.89. The summed E-state index contributed by atoms with van der Waals surface area (Å²) in [6.07, 6.45) is 2.61. The van der Waals surface area contributed by atoms with E-state index in [4.69, 9.17) is 5.26 Å². The summed E-state index contributed by atoms with van der Waals surface area (Å²) < 4.78 is 0. The van der Waals surface area contributed by atoms with E-state index >= 15 is 0 Å². The van der Waals surface area contributed by atoms with E-state index < -0.39 is 0 Å². The zero-order valence-electron chi connectivity index (χ0n) is 8.75. The molecule has 0 fully saturated rings. The molecule has 0 bridgehead atoms. The van der Waals surface area contributed by atoms with E-state index in [0.717, 1.165) is 12.0 Å². The fourth-order valence-electron chi connectivity index (χ4n) is 1.32. The monoisotopic (exact) mass is 185 g/mol. The van der Waals surface area contributed by atoms with E-state index in [0.29, 0.717) is 0 Å². The van der Waals surface area contributed by atoms with Crippen LogP contribution in [0, 0.1) is 16.7 Å². The van der Waals surface area contributed by atoms with Gasteiger partial charge in [0.1, 0.15) is 0 Å². The van der Waals surface area contributed by atoms with Gasteiger partial charge in [-0.05, 0) is 31.4 Å². The van der Waals surface area contributed by atoms with Crippen molar-refractivity contribution in [3.8, 4) is 6.07 Å². The molecule has 0 saturated heterocycles. The predicted octanol–water partition coefficient (Wildman–Crippen LogP) is 3.42. The van der Waals surface area contributed by atoms with Crippen LogP contribution in [0.25, 0.3) is 6.08 Å². The molecule has 14 heavy (non-hydrogen) atoms. The highest BCUT2D eigenvalue weighted by atomic mass is 14.3. The van der Waals surface area contributed by atoms with Crippen LogP contribution in [0.5, 0.6) is 0 Å². The first-order valence-electron chi connectivity index (χ1n) is 4.70. The van der Waals surface area contributed by atoms with Gasteiger partial charge in [0, 0.05) is 0 Å². The minimum Gasteiger partial charge on any atom is -0.198 e. The number of benzene rings is 1. The van der Waals surface area contributed by atoms with Gasteiger partial charge in [0.15, 0.2) is 0 Å². The van der Waals surface area contributed by atoms with Gasteiger partial charge in [-0.1, -0.05) is 36.9 Å². The quantitative estimate of drug-likeness (QED) is 0.707. The number of hydrogen-bond donors (Lipinski definition) is 0. The molecule has 0 N–H and O–H groups in total. The minimum absolute atomic E-state index is 0.282. The topological polar surface area (TPSA) is 23.8 Å². The highest BCUT2D eigenvalue weighted by Crippen LogP contribution is 2.20. The normalized spacial score (nSPS) is 10.6. The Hall–Kier alpha value is -1.55. The molecular weight excluding hydrogens is 170 g/mol. The van der Waals surface area contributed by atoms with E-state index in [1.54, 1.807) is 0 Å². The van der Waals surface area contributed by atoms with Crippen LogP contribution in [0.3, 0.4) is 0 Å². The zero-order valence-corrected chi connectivity index (χ0v) is 8.75. The van der Waals surface area contributed by atoms with Crippen LogP contribution in [0.2, 0.25) is 0 Å². The lowest BCUT2D eigenvalue weighted by Crippen LogP contribution is -2.11. The Morgan fingerprint density at radius 1 is 1.36 bits per heavy atom. The standard InChI is InChI=1S/C13H15N/c1-4-11-5-7-12(8-6-11)9-13(2,3)10-14/h4-8H,1,9H2,2-3H3.